The SMILES string of the molecule is CCc1cnc(CCNC(=NC)NCCc2ccc(OC)c(OC(F)F)c2)s1.I. The number of ether oxygens (including phenoxy) is 2. The number of nitrogens with zero attached hydrogens (tertiary/aromatic N) is 2. The highest BCUT2D eigenvalue weighted by Gasteiger charge is 2.11. The summed E-state index contributed by atoms with van der Waals surface area (Å²) in [5.74, 6) is 1.00. The van der Waals surface area contributed by atoms with Crippen LogP contribution >= 0.6 is 35.3 Å². The van der Waals surface area contributed by atoms with Gasteiger partial charge in [-0.25, -0.2) is 4.98 Å². The Labute approximate surface area is 191 Å². The van der Waals surface area contributed by atoms with E-state index in [0.717, 1.165) is 30.0 Å². The van der Waals surface area contributed by atoms with E-state index in [1.165, 1.54) is 12.0 Å². The summed E-state index contributed by atoms with van der Waals surface area (Å²) in [6, 6.07) is 5.01. The van der Waals surface area contributed by atoms with Crippen molar-refractivity contribution in [1.82, 2.24) is 15.6 Å². The molecular weight excluding hydrogens is 513 g/mol. The molecule has 6 nitrogen and oxygen atoms in total. The summed E-state index contributed by atoms with van der Waals surface area (Å²) in [4.78, 5) is 9.87. The van der Waals surface area contributed by atoms with Crippen molar-refractivity contribution in [3.63, 3.8) is 0 Å². The number of guanidine groups is 1. The molecule has 1 aromatic heterocycles. The molecule has 0 amide bonds. The fourth-order valence-electron chi connectivity index (χ4n) is 2.53. The van der Waals surface area contributed by atoms with Gasteiger partial charge in [-0.05, 0) is 30.5 Å². The zero-order chi connectivity index (χ0) is 20.4. The molecule has 0 atom stereocenters. The van der Waals surface area contributed by atoms with Gasteiger partial charge in [0.05, 0.1) is 12.1 Å². The minimum atomic E-state index is -2.89. The van der Waals surface area contributed by atoms with Gasteiger partial charge < -0.3 is 20.1 Å². The lowest BCUT2D eigenvalue weighted by atomic mass is 10.1. The quantitative estimate of drug-likeness (QED) is 0.272. The molecule has 1 heterocycles. The fraction of sp³-hybridized carbons (Fsp3) is 0.474. The highest BCUT2D eigenvalue weighted by molar-refractivity contribution is 14.0. The van der Waals surface area contributed by atoms with Gasteiger partial charge >= 0.3 is 6.61 Å². The van der Waals surface area contributed by atoms with Crippen LogP contribution in [0.15, 0.2) is 29.4 Å². The predicted molar refractivity (Wildman–Crippen MR) is 123 cm³/mol. The Hall–Kier alpha value is -1.69. The molecule has 1 aromatic carbocycles. The molecule has 0 aliphatic heterocycles. The van der Waals surface area contributed by atoms with Crippen LogP contribution in [0.4, 0.5) is 8.78 Å². The number of alkyl halides is 2. The first-order valence-corrected chi connectivity index (χ1v) is 9.87. The Morgan fingerprint density at radius 2 is 1.93 bits per heavy atom. The number of aliphatic imine (C=N–C) groups is 1. The van der Waals surface area contributed by atoms with Crippen LogP contribution in [0.2, 0.25) is 0 Å². The Bertz CT molecular complexity index is 774. The largest absolute Gasteiger partial charge is 0.493 e. The molecular formula is C19H27F2IN4O2S. The maximum absolute atomic E-state index is 12.5. The molecule has 162 valence electrons. The van der Waals surface area contributed by atoms with Gasteiger partial charge in [0.2, 0.25) is 0 Å². The van der Waals surface area contributed by atoms with E-state index in [9.17, 15) is 8.78 Å². The summed E-state index contributed by atoms with van der Waals surface area (Å²) in [5, 5.41) is 7.56. The second kappa shape index (κ2) is 13.5. The number of rotatable bonds is 10. The van der Waals surface area contributed by atoms with Gasteiger partial charge in [-0.1, -0.05) is 13.0 Å². The first-order chi connectivity index (χ1) is 13.5. The van der Waals surface area contributed by atoms with Crippen LogP contribution in [-0.4, -0.2) is 44.8 Å². The number of benzene rings is 1. The predicted octanol–water partition coefficient (Wildman–Crippen LogP) is 3.88. The molecule has 10 heteroatoms. The molecule has 2 aromatic rings. The molecule has 0 saturated heterocycles. The van der Waals surface area contributed by atoms with Gasteiger partial charge in [0.15, 0.2) is 17.5 Å². The van der Waals surface area contributed by atoms with Crippen molar-refractivity contribution >= 4 is 41.3 Å². The molecule has 2 N–H and O–H groups in total. The third-order valence-corrected chi connectivity index (χ3v) is 5.16. The summed E-state index contributed by atoms with van der Waals surface area (Å²) in [6.07, 6.45) is 4.38. The smallest absolute Gasteiger partial charge is 0.387 e. The van der Waals surface area contributed by atoms with Gasteiger partial charge in [-0.15, -0.1) is 35.3 Å². The van der Waals surface area contributed by atoms with Crippen LogP contribution in [0.3, 0.4) is 0 Å². The average molecular weight is 540 g/mol. The second-order valence-corrected chi connectivity index (χ2v) is 7.06. The lowest BCUT2D eigenvalue weighted by Crippen LogP contribution is -2.39. The van der Waals surface area contributed by atoms with Gasteiger partial charge in [-0.3, -0.25) is 4.99 Å². The van der Waals surface area contributed by atoms with Crippen LogP contribution in [-0.2, 0) is 19.3 Å². The van der Waals surface area contributed by atoms with Gasteiger partial charge in [-0.2, -0.15) is 8.78 Å². The molecule has 0 saturated carbocycles. The molecule has 29 heavy (non-hydrogen) atoms. The number of hydrogen-bond acceptors (Lipinski definition) is 5. The highest BCUT2D eigenvalue weighted by Crippen LogP contribution is 2.29. The molecule has 0 aliphatic carbocycles. The van der Waals surface area contributed by atoms with Crippen molar-refractivity contribution in [2.75, 3.05) is 27.2 Å². The van der Waals surface area contributed by atoms with Crippen molar-refractivity contribution < 1.29 is 18.3 Å². The molecule has 2 rings (SSSR count). The number of hydrogen-bond donors (Lipinski definition) is 2. The zero-order valence-corrected chi connectivity index (χ0v) is 19.9. The minimum Gasteiger partial charge on any atom is -0.493 e. The Morgan fingerprint density at radius 3 is 2.52 bits per heavy atom. The van der Waals surface area contributed by atoms with Crippen LogP contribution in [0, 0.1) is 0 Å². The minimum absolute atomic E-state index is 0. The third-order valence-electron chi connectivity index (χ3n) is 3.96. The molecule has 0 radical (unpaired) electrons. The van der Waals surface area contributed by atoms with E-state index in [2.05, 4.69) is 32.3 Å². The number of methoxy groups -OCH3 is 1. The van der Waals surface area contributed by atoms with E-state index >= 15 is 0 Å². The number of aromatic nitrogens is 1. The lowest BCUT2D eigenvalue weighted by molar-refractivity contribution is -0.0512. The van der Waals surface area contributed by atoms with Crippen LogP contribution in [0.1, 0.15) is 22.4 Å². The van der Waals surface area contributed by atoms with E-state index in [1.807, 2.05) is 12.3 Å². The number of thiazole rings is 1. The van der Waals surface area contributed by atoms with Crippen LogP contribution in [0.25, 0.3) is 0 Å². The third kappa shape index (κ3) is 8.69. The van der Waals surface area contributed by atoms with Crippen molar-refractivity contribution in [2.24, 2.45) is 4.99 Å². The number of aryl methyl sites for hydroxylation is 1. The summed E-state index contributed by atoms with van der Waals surface area (Å²) >= 11 is 1.73. The fourth-order valence-corrected chi connectivity index (χ4v) is 3.39. The van der Waals surface area contributed by atoms with E-state index in [0.29, 0.717) is 18.9 Å². The topological polar surface area (TPSA) is 67.8 Å². The summed E-state index contributed by atoms with van der Waals surface area (Å²) in [7, 11) is 3.12. The molecule has 0 aliphatic rings. The summed E-state index contributed by atoms with van der Waals surface area (Å²) in [5.41, 5.74) is 0.856. The molecule has 0 fully saturated rings. The normalized spacial score (nSPS) is 11.2. The summed E-state index contributed by atoms with van der Waals surface area (Å²) in [6.45, 7) is 0.548. The van der Waals surface area contributed by atoms with Crippen molar-refractivity contribution in [3.8, 4) is 11.5 Å². The standard InChI is InChI=1S/C19H26F2N4O2S.HI/c1-4-14-12-25-17(28-14)8-10-24-19(22-2)23-9-7-13-5-6-15(26-3)16(11-13)27-18(20)21;/h5-6,11-12,18H,4,7-10H2,1-3H3,(H2,22,23,24);1H. The van der Waals surface area contributed by atoms with E-state index in [-0.39, 0.29) is 35.5 Å². The van der Waals surface area contributed by atoms with Crippen LogP contribution < -0.4 is 20.1 Å². The molecule has 0 bridgehead atoms. The number of nitrogens with one attached hydrogen (secondary N) is 2. The van der Waals surface area contributed by atoms with Crippen LogP contribution in [0.5, 0.6) is 11.5 Å². The first-order valence-electron chi connectivity index (χ1n) is 9.05. The molecule has 0 unspecified atom stereocenters. The Morgan fingerprint density at radius 1 is 1.21 bits per heavy atom. The van der Waals surface area contributed by atoms with E-state index in [4.69, 9.17) is 4.74 Å². The first kappa shape index (κ1) is 25.3. The number of halogens is 3. The lowest BCUT2D eigenvalue weighted by Gasteiger charge is -2.13. The highest BCUT2D eigenvalue weighted by atomic mass is 127. The van der Waals surface area contributed by atoms with E-state index in [1.54, 1.807) is 30.5 Å². The van der Waals surface area contributed by atoms with Crippen molar-refractivity contribution in [1.29, 1.82) is 0 Å². The zero-order valence-electron chi connectivity index (χ0n) is 16.7. The van der Waals surface area contributed by atoms with Crippen molar-refractivity contribution in [2.45, 2.75) is 32.8 Å². The Balaban J connectivity index is 0.00000420. The second-order valence-electron chi connectivity index (χ2n) is 5.86. The molecule has 0 spiro atoms. The van der Waals surface area contributed by atoms with Gasteiger partial charge in [0.25, 0.3) is 0 Å². The van der Waals surface area contributed by atoms with Crippen molar-refractivity contribution in [3.05, 3.63) is 39.8 Å². The Kier molecular flexibility index (Phi) is 11.8. The van der Waals surface area contributed by atoms with E-state index < -0.39 is 6.61 Å². The maximum atomic E-state index is 12.5. The van der Waals surface area contributed by atoms with Gasteiger partial charge in [0, 0.05) is 37.6 Å². The summed E-state index contributed by atoms with van der Waals surface area (Å²) < 4.78 is 34.6. The maximum Gasteiger partial charge on any atom is 0.387 e. The monoisotopic (exact) mass is 540 g/mol. The average Bonchev–Trinajstić information content (AvgIpc) is 3.14. The van der Waals surface area contributed by atoms with Gasteiger partial charge in [0.1, 0.15) is 0 Å².